The lowest BCUT2D eigenvalue weighted by Crippen LogP contribution is -1.75. The molecular formula is C12H10N2O. The molecule has 1 aromatic heterocycles. The zero-order chi connectivity index (χ0) is 10.5. The molecule has 0 aliphatic heterocycles. The van der Waals surface area contributed by atoms with E-state index in [4.69, 9.17) is 4.42 Å². The van der Waals surface area contributed by atoms with Gasteiger partial charge in [-0.3, -0.25) is 0 Å². The maximum Gasteiger partial charge on any atom is 0.294 e. The molecule has 0 spiro atoms. The van der Waals surface area contributed by atoms with Crippen LogP contribution in [0, 0.1) is 11.8 Å². The van der Waals surface area contributed by atoms with E-state index in [2.05, 4.69) is 22.0 Å². The minimum atomic E-state index is 0.371. The molecule has 0 aliphatic carbocycles. The molecule has 0 N–H and O–H groups in total. The van der Waals surface area contributed by atoms with Gasteiger partial charge >= 0.3 is 0 Å². The van der Waals surface area contributed by atoms with Crippen molar-refractivity contribution in [3.63, 3.8) is 0 Å². The summed E-state index contributed by atoms with van der Waals surface area (Å²) >= 11 is 0. The number of hydrogen-bond donors (Lipinski definition) is 0. The van der Waals surface area contributed by atoms with Gasteiger partial charge in [0.15, 0.2) is 0 Å². The molecule has 1 aromatic carbocycles. The maximum atomic E-state index is 5.38. The number of nitrogens with zero attached hydrogens (tertiary/aromatic N) is 2. The molecule has 3 nitrogen and oxygen atoms in total. The monoisotopic (exact) mass is 198 g/mol. The highest BCUT2D eigenvalue weighted by Gasteiger charge is 2.04. The van der Waals surface area contributed by atoms with Crippen LogP contribution in [-0.4, -0.2) is 10.2 Å². The van der Waals surface area contributed by atoms with Crippen molar-refractivity contribution in [2.75, 3.05) is 0 Å². The van der Waals surface area contributed by atoms with Crippen LogP contribution in [-0.2, 0) is 0 Å². The van der Waals surface area contributed by atoms with Gasteiger partial charge in [-0.2, -0.15) is 0 Å². The molecule has 0 atom stereocenters. The van der Waals surface area contributed by atoms with Gasteiger partial charge in [0.1, 0.15) is 0 Å². The van der Waals surface area contributed by atoms with Crippen LogP contribution in [0.25, 0.3) is 11.5 Å². The number of rotatable bonds is 1. The van der Waals surface area contributed by atoms with Gasteiger partial charge in [-0.25, -0.2) is 0 Å². The molecule has 0 aliphatic rings. The Labute approximate surface area is 88.1 Å². The van der Waals surface area contributed by atoms with E-state index in [0.717, 1.165) is 12.0 Å². The van der Waals surface area contributed by atoms with Crippen molar-refractivity contribution >= 4 is 0 Å². The van der Waals surface area contributed by atoms with E-state index < -0.39 is 0 Å². The Bertz CT molecular complexity index is 491. The van der Waals surface area contributed by atoms with Crippen molar-refractivity contribution in [3.05, 3.63) is 36.2 Å². The highest BCUT2D eigenvalue weighted by atomic mass is 16.4. The second-order valence-corrected chi connectivity index (χ2v) is 2.93. The predicted molar refractivity (Wildman–Crippen MR) is 56.9 cm³/mol. The summed E-state index contributed by atoms with van der Waals surface area (Å²) < 4.78 is 5.38. The molecule has 1 heterocycles. The van der Waals surface area contributed by atoms with Gasteiger partial charge in [-0.15, -0.1) is 5.10 Å². The van der Waals surface area contributed by atoms with Gasteiger partial charge in [0.25, 0.3) is 5.89 Å². The fourth-order valence-corrected chi connectivity index (χ4v) is 1.14. The van der Waals surface area contributed by atoms with E-state index in [1.54, 1.807) is 0 Å². The van der Waals surface area contributed by atoms with Crippen molar-refractivity contribution < 1.29 is 4.42 Å². The molecule has 15 heavy (non-hydrogen) atoms. The summed E-state index contributed by atoms with van der Waals surface area (Å²) in [5, 5.41) is 7.76. The molecule has 0 saturated carbocycles. The molecule has 74 valence electrons. The van der Waals surface area contributed by atoms with Gasteiger partial charge in [0.2, 0.25) is 5.89 Å². The van der Waals surface area contributed by atoms with Crippen molar-refractivity contribution in [2.24, 2.45) is 0 Å². The molecular weight excluding hydrogens is 188 g/mol. The average Bonchev–Trinajstić information content (AvgIpc) is 2.76. The summed E-state index contributed by atoms with van der Waals surface area (Å²) in [6, 6.07) is 9.64. The maximum absolute atomic E-state index is 5.38. The van der Waals surface area contributed by atoms with Gasteiger partial charge in [-0.1, -0.05) is 36.1 Å². The topological polar surface area (TPSA) is 38.9 Å². The second kappa shape index (κ2) is 4.43. The van der Waals surface area contributed by atoms with E-state index >= 15 is 0 Å². The Morgan fingerprint density at radius 1 is 1.20 bits per heavy atom. The van der Waals surface area contributed by atoms with Crippen molar-refractivity contribution in [2.45, 2.75) is 13.3 Å². The van der Waals surface area contributed by atoms with Crippen LogP contribution in [0.3, 0.4) is 0 Å². The largest absolute Gasteiger partial charge is 0.410 e. The molecule has 2 rings (SSSR count). The minimum absolute atomic E-state index is 0.371. The SMILES string of the molecule is CCC#Cc1nnc(-c2ccccc2)o1. The molecule has 0 bridgehead atoms. The Kier molecular flexibility index (Phi) is 2.80. The molecule has 0 radical (unpaired) electrons. The Morgan fingerprint density at radius 2 is 2.00 bits per heavy atom. The van der Waals surface area contributed by atoms with Crippen molar-refractivity contribution in [3.8, 4) is 23.3 Å². The van der Waals surface area contributed by atoms with Crippen molar-refractivity contribution in [1.29, 1.82) is 0 Å². The molecule has 2 aromatic rings. The summed E-state index contributed by atoms with van der Waals surface area (Å²) in [5.41, 5.74) is 0.912. The molecule has 0 amide bonds. The molecule has 0 unspecified atom stereocenters. The Hall–Kier alpha value is -2.08. The third kappa shape index (κ3) is 2.23. The van der Waals surface area contributed by atoms with Gasteiger partial charge in [0, 0.05) is 12.0 Å². The Morgan fingerprint density at radius 3 is 2.73 bits per heavy atom. The van der Waals surface area contributed by atoms with E-state index in [9.17, 15) is 0 Å². The van der Waals surface area contributed by atoms with E-state index in [-0.39, 0.29) is 0 Å². The fourth-order valence-electron chi connectivity index (χ4n) is 1.14. The highest BCUT2D eigenvalue weighted by molar-refractivity contribution is 5.52. The molecule has 3 heteroatoms. The molecule has 0 fully saturated rings. The fraction of sp³-hybridized carbons (Fsp3) is 0.167. The average molecular weight is 198 g/mol. The van der Waals surface area contributed by atoms with Crippen LogP contribution >= 0.6 is 0 Å². The van der Waals surface area contributed by atoms with Gasteiger partial charge in [-0.05, 0) is 18.1 Å². The summed E-state index contributed by atoms with van der Waals surface area (Å²) in [7, 11) is 0. The summed E-state index contributed by atoms with van der Waals surface area (Å²) in [5.74, 6) is 6.56. The first-order valence-corrected chi connectivity index (χ1v) is 4.78. The van der Waals surface area contributed by atoms with E-state index in [1.165, 1.54) is 0 Å². The number of aromatic nitrogens is 2. The van der Waals surface area contributed by atoms with Crippen LogP contribution in [0.4, 0.5) is 0 Å². The lowest BCUT2D eigenvalue weighted by Gasteiger charge is -1.90. The number of benzene rings is 1. The smallest absolute Gasteiger partial charge is 0.294 e. The van der Waals surface area contributed by atoms with Crippen LogP contribution < -0.4 is 0 Å². The standard InChI is InChI=1S/C12H10N2O/c1-2-3-9-11-13-14-12(15-11)10-7-5-4-6-8-10/h4-8H,2H2,1H3. The first kappa shape index (κ1) is 9.47. The van der Waals surface area contributed by atoms with Crippen LogP contribution in [0.1, 0.15) is 19.2 Å². The summed E-state index contributed by atoms with van der Waals surface area (Å²) in [6.45, 7) is 1.97. The van der Waals surface area contributed by atoms with E-state index in [0.29, 0.717) is 11.8 Å². The van der Waals surface area contributed by atoms with Crippen molar-refractivity contribution in [1.82, 2.24) is 10.2 Å². The third-order valence-corrected chi connectivity index (χ3v) is 1.82. The minimum Gasteiger partial charge on any atom is -0.410 e. The normalized spacial score (nSPS) is 9.40. The van der Waals surface area contributed by atoms with E-state index in [1.807, 2.05) is 37.3 Å². The zero-order valence-electron chi connectivity index (χ0n) is 8.40. The van der Waals surface area contributed by atoms with Crippen LogP contribution in [0.2, 0.25) is 0 Å². The summed E-state index contributed by atoms with van der Waals surface area (Å²) in [4.78, 5) is 0. The lowest BCUT2D eigenvalue weighted by atomic mass is 10.2. The molecule has 0 saturated heterocycles. The third-order valence-electron chi connectivity index (χ3n) is 1.82. The summed E-state index contributed by atoms with van der Waals surface area (Å²) in [6.07, 6.45) is 0.781. The second-order valence-electron chi connectivity index (χ2n) is 2.93. The first-order valence-electron chi connectivity index (χ1n) is 4.78. The predicted octanol–water partition coefficient (Wildman–Crippen LogP) is 2.50. The number of hydrogen-bond acceptors (Lipinski definition) is 3. The first-order chi connectivity index (χ1) is 7.40. The van der Waals surface area contributed by atoms with Crippen LogP contribution in [0.15, 0.2) is 34.7 Å². The lowest BCUT2D eigenvalue weighted by molar-refractivity contribution is 0.554. The highest BCUT2D eigenvalue weighted by Crippen LogP contribution is 2.16. The van der Waals surface area contributed by atoms with Gasteiger partial charge in [0.05, 0.1) is 0 Å². The van der Waals surface area contributed by atoms with Crippen LogP contribution in [0.5, 0.6) is 0 Å². The quantitative estimate of drug-likeness (QED) is 0.661. The Balaban J connectivity index is 2.28. The van der Waals surface area contributed by atoms with Gasteiger partial charge < -0.3 is 4.42 Å². The zero-order valence-corrected chi connectivity index (χ0v) is 8.40.